The number of benzene rings is 4. The van der Waals surface area contributed by atoms with Crippen molar-refractivity contribution in [2.75, 3.05) is 0 Å². The van der Waals surface area contributed by atoms with Gasteiger partial charge in [-0.05, 0) is 72.8 Å². The summed E-state index contributed by atoms with van der Waals surface area (Å²) in [4.78, 5) is 15.4. The fraction of sp³-hybridized carbons (Fsp3) is 0. The van der Waals surface area contributed by atoms with Gasteiger partial charge in [-0.25, -0.2) is 0 Å². The first-order valence-electron chi connectivity index (χ1n) is 16.7. The molecular weight excluding hydrogens is 904 g/mol. The summed E-state index contributed by atoms with van der Waals surface area (Å²) in [5.74, 6) is 0. The Morgan fingerprint density at radius 3 is 0.712 bits per heavy atom. The summed E-state index contributed by atoms with van der Waals surface area (Å²) in [6.45, 7) is 0. The summed E-state index contributed by atoms with van der Waals surface area (Å²) in [6.07, 6.45) is 0. The van der Waals surface area contributed by atoms with Gasteiger partial charge < -0.3 is 19.9 Å². The van der Waals surface area contributed by atoms with E-state index in [0.29, 0.717) is 0 Å². The molecule has 4 aromatic heterocycles. The Labute approximate surface area is 333 Å². The number of nitrogens with one attached hydrogen (secondary N) is 4. The van der Waals surface area contributed by atoms with Crippen LogP contribution < -0.4 is 21.4 Å². The van der Waals surface area contributed by atoms with Crippen LogP contribution in [0.2, 0.25) is 0 Å². The molecule has 5 heterocycles. The highest BCUT2D eigenvalue weighted by Crippen LogP contribution is 2.33. The summed E-state index contributed by atoms with van der Waals surface area (Å²) in [6, 6.07) is 50.9. The van der Waals surface area contributed by atoms with Crippen LogP contribution in [0.3, 0.4) is 0 Å². The van der Waals surface area contributed by atoms with Gasteiger partial charge in [0, 0.05) is 107 Å². The second-order valence-electron chi connectivity index (χ2n) is 12.6. The molecule has 0 saturated heterocycles. The predicted molar refractivity (Wildman–Crippen MR) is 225 cm³/mol. The average molecular weight is 932 g/mol. The first-order chi connectivity index (χ1) is 25.4. The fourth-order valence-electron chi connectivity index (χ4n) is 7.14. The van der Waals surface area contributed by atoms with Gasteiger partial charge in [-0.1, -0.05) is 137 Å². The van der Waals surface area contributed by atoms with E-state index in [1.807, 2.05) is 24.3 Å². The fourth-order valence-corrected chi connectivity index (χ4v) is 9.08. The van der Waals surface area contributed by atoms with Crippen LogP contribution in [0.4, 0.5) is 0 Å². The van der Waals surface area contributed by atoms with Crippen LogP contribution in [0, 0.1) is 0 Å². The maximum atomic E-state index is 3.88. The third-order valence-corrected chi connectivity index (χ3v) is 12.2. The number of hydrogen-bond donors (Lipinski definition) is 4. The van der Waals surface area contributed by atoms with Crippen LogP contribution >= 0.6 is 63.7 Å². The largest absolute Gasteiger partial charge is 0.354 e. The highest BCUT2D eigenvalue weighted by atomic mass is 79.9. The van der Waals surface area contributed by atoms with Gasteiger partial charge in [0.1, 0.15) is 0 Å². The van der Waals surface area contributed by atoms with Crippen LogP contribution in [0.15, 0.2) is 163 Å². The van der Waals surface area contributed by atoms with Crippen LogP contribution in [0.25, 0.3) is 22.3 Å². The number of hydrogen-bond acceptors (Lipinski definition) is 0. The molecule has 0 fully saturated rings. The molecule has 0 saturated carbocycles. The zero-order valence-corrected chi connectivity index (χ0v) is 33.7. The molecule has 9 rings (SSSR count). The van der Waals surface area contributed by atoms with Gasteiger partial charge in [0.25, 0.3) is 0 Å². The lowest BCUT2D eigenvalue weighted by atomic mass is 10.0. The Hall–Kier alpha value is -4.60. The molecule has 1 aliphatic heterocycles. The van der Waals surface area contributed by atoms with Crippen molar-refractivity contribution in [1.29, 1.82) is 0 Å². The molecule has 0 spiro atoms. The standard InChI is InChI=1S/C44H28Br4N4/c45-29-13-5-1-9-25(29)41-33-17-19-35(49-33)42(26-10-2-6-14-30(26)46)37-21-23-39(51-37)44(28-12-4-8-16-32(28)48)40-24-22-38(52-40)43(36-20-18-34(41)50-36)27-11-3-7-15-31(27)47/h1-24,49-52H. The molecule has 0 amide bonds. The molecule has 1 aliphatic rings. The van der Waals surface area contributed by atoms with Crippen molar-refractivity contribution < 1.29 is 0 Å². The number of fused-ring (bicyclic) bond motifs is 8. The quantitative estimate of drug-likeness (QED) is 0.136. The van der Waals surface area contributed by atoms with Crippen molar-refractivity contribution in [2.45, 2.75) is 0 Å². The molecule has 0 radical (unpaired) electrons. The maximum Gasteiger partial charge on any atom is 0.0486 e. The highest BCUT2D eigenvalue weighted by Gasteiger charge is 2.20. The van der Waals surface area contributed by atoms with Crippen LogP contribution in [0.5, 0.6) is 0 Å². The molecule has 8 heteroatoms. The van der Waals surface area contributed by atoms with Crippen molar-refractivity contribution in [3.8, 4) is 0 Å². The van der Waals surface area contributed by atoms with Gasteiger partial charge in [0.05, 0.1) is 0 Å². The summed E-state index contributed by atoms with van der Waals surface area (Å²) < 4.78 is 4.04. The lowest BCUT2D eigenvalue weighted by Crippen LogP contribution is -2.19. The molecule has 8 bridgehead atoms. The van der Waals surface area contributed by atoms with Crippen molar-refractivity contribution in [2.24, 2.45) is 0 Å². The van der Waals surface area contributed by atoms with E-state index in [9.17, 15) is 0 Å². The molecule has 8 aromatic rings. The lowest BCUT2D eigenvalue weighted by Gasteiger charge is -2.12. The molecular formula is C44H28Br4N4. The number of aromatic amines is 4. The number of rotatable bonds is 4. The van der Waals surface area contributed by atoms with E-state index in [4.69, 9.17) is 0 Å². The van der Waals surface area contributed by atoms with Crippen molar-refractivity contribution in [1.82, 2.24) is 19.9 Å². The zero-order valence-electron chi connectivity index (χ0n) is 27.4. The van der Waals surface area contributed by atoms with Crippen molar-refractivity contribution in [3.05, 3.63) is 230 Å². The topological polar surface area (TPSA) is 63.2 Å². The summed E-state index contributed by atoms with van der Waals surface area (Å²) in [5, 5.41) is 3.96. The van der Waals surface area contributed by atoms with Crippen molar-refractivity contribution in [3.63, 3.8) is 0 Å². The van der Waals surface area contributed by atoms with E-state index in [2.05, 4.69) is 205 Å². The van der Waals surface area contributed by atoms with E-state index >= 15 is 0 Å². The van der Waals surface area contributed by atoms with E-state index < -0.39 is 0 Å². The third-order valence-electron chi connectivity index (χ3n) is 9.47. The second kappa shape index (κ2) is 13.7. The molecule has 4 N–H and O–H groups in total. The Morgan fingerprint density at radius 1 is 0.250 bits per heavy atom. The monoisotopic (exact) mass is 928 g/mol. The minimum absolute atomic E-state index is 0.990. The lowest BCUT2D eigenvalue weighted by molar-refractivity contribution is 1.18. The number of halogens is 4. The minimum atomic E-state index is 0.990. The molecule has 0 unspecified atom stereocenters. The Balaban J connectivity index is 1.47. The molecule has 0 aliphatic carbocycles. The van der Waals surface area contributed by atoms with E-state index in [-0.39, 0.29) is 0 Å². The SMILES string of the molecule is Brc1ccccc1C1=c2ccc([nH]2)=C(c2ccccc2Br)c2ccc([nH]2)C(c2ccccc2Br)=c2ccc([nH]2)=C(c2ccccc2Br)c2ccc1[nH]2. The Kier molecular flexibility index (Phi) is 8.79. The molecule has 4 nitrogen and oxygen atoms in total. The minimum Gasteiger partial charge on any atom is -0.354 e. The molecule has 0 atom stereocenters. The van der Waals surface area contributed by atoms with Gasteiger partial charge in [0.2, 0.25) is 0 Å². The third kappa shape index (κ3) is 5.88. The summed E-state index contributed by atoms with van der Waals surface area (Å²) in [7, 11) is 0. The van der Waals surface area contributed by atoms with Crippen LogP contribution in [-0.2, 0) is 0 Å². The van der Waals surface area contributed by atoms with Gasteiger partial charge in [-0.3, -0.25) is 0 Å². The average Bonchev–Trinajstić information content (AvgIpc) is 3.99. The highest BCUT2D eigenvalue weighted by molar-refractivity contribution is 9.11. The Morgan fingerprint density at radius 2 is 0.481 bits per heavy atom. The smallest absolute Gasteiger partial charge is 0.0486 e. The number of H-pyrrole nitrogens is 4. The van der Waals surface area contributed by atoms with E-state index in [1.54, 1.807) is 0 Å². The van der Waals surface area contributed by atoms with Crippen LogP contribution in [-0.4, -0.2) is 19.9 Å². The molecule has 252 valence electrons. The molecule has 52 heavy (non-hydrogen) atoms. The number of aromatic nitrogens is 4. The summed E-state index contributed by atoms with van der Waals surface area (Å²) >= 11 is 15.5. The van der Waals surface area contributed by atoms with Gasteiger partial charge in [-0.2, -0.15) is 0 Å². The first-order valence-corrected chi connectivity index (χ1v) is 19.9. The van der Waals surface area contributed by atoms with E-state index in [0.717, 1.165) is 107 Å². The van der Waals surface area contributed by atoms with Gasteiger partial charge in [0.15, 0.2) is 0 Å². The Bertz CT molecular complexity index is 2530. The summed E-state index contributed by atoms with van der Waals surface area (Å²) in [5.41, 5.74) is 12.5. The zero-order chi connectivity index (χ0) is 35.3. The van der Waals surface area contributed by atoms with Gasteiger partial charge >= 0.3 is 0 Å². The normalized spacial score (nSPS) is 12.8. The van der Waals surface area contributed by atoms with Crippen LogP contribution in [0.1, 0.15) is 45.0 Å². The van der Waals surface area contributed by atoms with E-state index in [1.165, 1.54) is 0 Å². The van der Waals surface area contributed by atoms with Crippen molar-refractivity contribution >= 4 is 86.0 Å². The van der Waals surface area contributed by atoms with Gasteiger partial charge in [-0.15, -0.1) is 0 Å². The predicted octanol–water partition coefficient (Wildman–Crippen LogP) is 9.35. The maximum absolute atomic E-state index is 3.88. The molecule has 4 aromatic carbocycles. The second-order valence-corrected chi connectivity index (χ2v) is 16.0. The first kappa shape index (κ1) is 33.3.